The van der Waals surface area contributed by atoms with Crippen molar-refractivity contribution in [3.63, 3.8) is 0 Å². The number of rotatable bonds is 9. The molecule has 0 saturated heterocycles. The molecule has 1 aromatic rings. The molecule has 0 aliphatic heterocycles. The molecule has 1 heterocycles. The van der Waals surface area contributed by atoms with Crippen LogP contribution in [0.4, 0.5) is 0 Å². The van der Waals surface area contributed by atoms with Gasteiger partial charge >= 0.3 is 5.97 Å². The summed E-state index contributed by atoms with van der Waals surface area (Å²) in [5.74, 6) is -1.09. The normalized spacial score (nSPS) is 13.7. The number of ether oxygens (including phenoxy) is 1. The Morgan fingerprint density at radius 1 is 1.50 bits per heavy atom. The SMILES string of the molecule is COCC(C)(CC(=O)O)NC(=O)CCCc1cccs1. The molecular formula is C14H21NO4S. The highest BCUT2D eigenvalue weighted by atomic mass is 32.1. The highest BCUT2D eigenvalue weighted by Crippen LogP contribution is 2.14. The summed E-state index contributed by atoms with van der Waals surface area (Å²) in [4.78, 5) is 24.0. The fraction of sp³-hybridized carbons (Fsp3) is 0.571. The third-order valence-electron chi connectivity index (χ3n) is 2.85. The minimum Gasteiger partial charge on any atom is -0.481 e. The first kappa shape index (κ1) is 16.7. The molecule has 1 amide bonds. The van der Waals surface area contributed by atoms with Gasteiger partial charge < -0.3 is 15.2 Å². The van der Waals surface area contributed by atoms with Crippen molar-refractivity contribution in [3.05, 3.63) is 22.4 Å². The molecule has 1 atom stereocenters. The second-order valence-corrected chi connectivity index (χ2v) is 6.08. The maximum atomic E-state index is 11.9. The topological polar surface area (TPSA) is 75.6 Å². The smallest absolute Gasteiger partial charge is 0.305 e. The average molecular weight is 299 g/mol. The Kier molecular flexibility index (Phi) is 6.67. The van der Waals surface area contributed by atoms with E-state index in [0.717, 1.165) is 12.8 Å². The van der Waals surface area contributed by atoms with Gasteiger partial charge in [-0.1, -0.05) is 6.07 Å². The second-order valence-electron chi connectivity index (χ2n) is 5.05. The number of hydrogen-bond acceptors (Lipinski definition) is 4. The molecule has 0 aromatic carbocycles. The summed E-state index contributed by atoms with van der Waals surface area (Å²) in [6.45, 7) is 1.86. The summed E-state index contributed by atoms with van der Waals surface area (Å²) in [6, 6.07) is 4.03. The maximum Gasteiger partial charge on any atom is 0.305 e. The average Bonchev–Trinajstić information content (AvgIpc) is 2.80. The molecule has 5 nitrogen and oxygen atoms in total. The fourth-order valence-electron chi connectivity index (χ4n) is 2.06. The minimum absolute atomic E-state index is 0.137. The third-order valence-corrected chi connectivity index (χ3v) is 3.79. The zero-order valence-corrected chi connectivity index (χ0v) is 12.7. The summed E-state index contributed by atoms with van der Waals surface area (Å²) in [5.41, 5.74) is -0.861. The molecule has 0 aliphatic rings. The van der Waals surface area contributed by atoms with Crippen LogP contribution in [0.1, 0.15) is 31.1 Å². The van der Waals surface area contributed by atoms with Crippen LogP contribution in [-0.4, -0.2) is 36.2 Å². The van der Waals surface area contributed by atoms with Crippen LogP contribution in [0.2, 0.25) is 0 Å². The lowest BCUT2D eigenvalue weighted by molar-refractivity contribution is -0.139. The molecule has 0 spiro atoms. The number of hydrogen-bond donors (Lipinski definition) is 2. The quantitative estimate of drug-likeness (QED) is 0.732. The highest BCUT2D eigenvalue weighted by Gasteiger charge is 2.29. The van der Waals surface area contributed by atoms with Crippen molar-refractivity contribution in [2.45, 2.75) is 38.1 Å². The van der Waals surface area contributed by atoms with Crippen molar-refractivity contribution in [2.24, 2.45) is 0 Å². The first-order chi connectivity index (χ1) is 9.45. The number of aliphatic carboxylic acids is 1. The number of carboxylic acid groups (broad SMARTS) is 1. The molecule has 1 aromatic heterocycles. The van der Waals surface area contributed by atoms with E-state index in [1.54, 1.807) is 18.3 Å². The Balaban J connectivity index is 2.39. The van der Waals surface area contributed by atoms with Gasteiger partial charge in [0.25, 0.3) is 0 Å². The molecule has 0 saturated carbocycles. The van der Waals surface area contributed by atoms with Gasteiger partial charge in [0.1, 0.15) is 0 Å². The first-order valence-corrected chi connectivity index (χ1v) is 7.37. The predicted molar refractivity (Wildman–Crippen MR) is 77.9 cm³/mol. The summed E-state index contributed by atoms with van der Waals surface area (Å²) < 4.78 is 5.00. The van der Waals surface area contributed by atoms with Crippen LogP contribution in [0.15, 0.2) is 17.5 Å². The zero-order valence-electron chi connectivity index (χ0n) is 11.8. The van der Waals surface area contributed by atoms with Crippen LogP contribution < -0.4 is 5.32 Å². The first-order valence-electron chi connectivity index (χ1n) is 6.49. The number of amides is 1. The summed E-state index contributed by atoms with van der Waals surface area (Å²) in [7, 11) is 1.49. The van der Waals surface area contributed by atoms with E-state index in [-0.39, 0.29) is 18.9 Å². The standard InChI is InChI=1S/C14H21NO4S/c1-14(10-19-2,9-13(17)18)15-12(16)7-3-5-11-6-4-8-20-11/h4,6,8H,3,5,7,9-10H2,1-2H3,(H,15,16)(H,17,18). The lowest BCUT2D eigenvalue weighted by Gasteiger charge is -2.28. The lowest BCUT2D eigenvalue weighted by Crippen LogP contribution is -2.50. The van der Waals surface area contributed by atoms with Crippen LogP contribution >= 0.6 is 11.3 Å². The van der Waals surface area contributed by atoms with Crippen molar-refractivity contribution >= 4 is 23.2 Å². The maximum absolute atomic E-state index is 11.9. The van der Waals surface area contributed by atoms with Gasteiger partial charge in [0.05, 0.1) is 18.6 Å². The van der Waals surface area contributed by atoms with Crippen LogP contribution in [0.25, 0.3) is 0 Å². The van der Waals surface area contributed by atoms with E-state index in [0.29, 0.717) is 6.42 Å². The van der Waals surface area contributed by atoms with E-state index in [1.165, 1.54) is 12.0 Å². The van der Waals surface area contributed by atoms with Crippen molar-refractivity contribution < 1.29 is 19.4 Å². The van der Waals surface area contributed by atoms with Crippen molar-refractivity contribution in [1.29, 1.82) is 0 Å². The van der Waals surface area contributed by atoms with Gasteiger partial charge in [0.15, 0.2) is 0 Å². The van der Waals surface area contributed by atoms with Gasteiger partial charge in [0.2, 0.25) is 5.91 Å². The van der Waals surface area contributed by atoms with Gasteiger partial charge in [-0.2, -0.15) is 0 Å². The Morgan fingerprint density at radius 3 is 2.80 bits per heavy atom. The van der Waals surface area contributed by atoms with Gasteiger partial charge in [0, 0.05) is 18.4 Å². The molecule has 20 heavy (non-hydrogen) atoms. The molecule has 0 fully saturated rings. The molecule has 0 radical (unpaired) electrons. The van der Waals surface area contributed by atoms with Crippen LogP contribution in [0, 0.1) is 0 Å². The second kappa shape index (κ2) is 8.01. The highest BCUT2D eigenvalue weighted by molar-refractivity contribution is 7.09. The van der Waals surface area contributed by atoms with E-state index < -0.39 is 11.5 Å². The number of carboxylic acids is 1. The van der Waals surface area contributed by atoms with E-state index in [9.17, 15) is 9.59 Å². The molecule has 1 unspecified atom stereocenters. The number of nitrogens with one attached hydrogen (secondary N) is 1. The zero-order chi connectivity index (χ0) is 15.0. The Hall–Kier alpha value is -1.40. The number of carbonyl (C=O) groups excluding carboxylic acids is 1. The lowest BCUT2D eigenvalue weighted by atomic mass is 9.98. The monoisotopic (exact) mass is 299 g/mol. The van der Waals surface area contributed by atoms with E-state index >= 15 is 0 Å². The predicted octanol–water partition coefficient (Wildman–Crippen LogP) is 2.07. The minimum atomic E-state index is -0.955. The molecule has 0 bridgehead atoms. The number of thiophene rings is 1. The van der Waals surface area contributed by atoms with E-state index in [1.807, 2.05) is 17.5 Å². The van der Waals surface area contributed by atoms with Crippen LogP contribution in [-0.2, 0) is 20.7 Å². The van der Waals surface area contributed by atoms with E-state index in [4.69, 9.17) is 9.84 Å². The Bertz CT molecular complexity index is 432. The van der Waals surface area contributed by atoms with Crippen LogP contribution in [0.3, 0.4) is 0 Å². The van der Waals surface area contributed by atoms with Crippen molar-refractivity contribution in [2.75, 3.05) is 13.7 Å². The summed E-state index contributed by atoms with van der Waals surface area (Å²) in [5, 5.41) is 13.7. The third kappa shape index (κ3) is 6.16. The summed E-state index contributed by atoms with van der Waals surface area (Å²) >= 11 is 1.67. The summed E-state index contributed by atoms with van der Waals surface area (Å²) in [6.07, 6.45) is 1.85. The van der Waals surface area contributed by atoms with Gasteiger partial charge in [-0.15, -0.1) is 11.3 Å². The van der Waals surface area contributed by atoms with Gasteiger partial charge in [-0.05, 0) is 31.2 Å². The molecule has 6 heteroatoms. The van der Waals surface area contributed by atoms with Crippen molar-refractivity contribution in [1.82, 2.24) is 5.32 Å². The Morgan fingerprint density at radius 2 is 2.25 bits per heavy atom. The molecular weight excluding hydrogens is 278 g/mol. The number of methoxy groups -OCH3 is 1. The Labute approximate surface area is 123 Å². The largest absolute Gasteiger partial charge is 0.481 e. The van der Waals surface area contributed by atoms with Crippen molar-refractivity contribution in [3.8, 4) is 0 Å². The molecule has 1 rings (SSSR count). The number of aryl methyl sites for hydroxylation is 1. The van der Waals surface area contributed by atoms with Gasteiger partial charge in [-0.25, -0.2) is 0 Å². The molecule has 112 valence electrons. The fourth-order valence-corrected chi connectivity index (χ4v) is 2.81. The molecule has 2 N–H and O–H groups in total. The number of carbonyl (C=O) groups is 2. The van der Waals surface area contributed by atoms with Gasteiger partial charge in [-0.3, -0.25) is 9.59 Å². The molecule has 0 aliphatic carbocycles. The van der Waals surface area contributed by atoms with E-state index in [2.05, 4.69) is 5.32 Å². The van der Waals surface area contributed by atoms with Crippen LogP contribution in [0.5, 0.6) is 0 Å².